The Morgan fingerprint density at radius 1 is 0.950 bits per heavy atom. The lowest BCUT2D eigenvalue weighted by molar-refractivity contribution is -0.122. The number of nitrogens with one attached hydrogen (secondary N) is 2. The fourth-order valence-corrected chi connectivity index (χ4v) is 3.83. The summed E-state index contributed by atoms with van der Waals surface area (Å²) < 4.78 is 16.5. The number of imide groups is 2. The van der Waals surface area contributed by atoms with Gasteiger partial charge in [-0.05, 0) is 61.4 Å². The number of hydrogen-bond acceptors (Lipinski definition) is 7. The Kier molecular flexibility index (Phi) is 8.80. The summed E-state index contributed by atoms with van der Waals surface area (Å²) in [5.74, 6) is -0.669. The van der Waals surface area contributed by atoms with Crippen LogP contribution in [0, 0.1) is 6.92 Å². The van der Waals surface area contributed by atoms with Crippen molar-refractivity contribution in [1.29, 1.82) is 0 Å². The van der Waals surface area contributed by atoms with Crippen molar-refractivity contribution in [2.75, 3.05) is 30.5 Å². The van der Waals surface area contributed by atoms with Gasteiger partial charge in [-0.25, -0.2) is 9.69 Å². The maximum absolute atomic E-state index is 13.3. The molecule has 10 nitrogen and oxygen atoms in total. The van der Waals surface area contributed by atoms with Crippen molar-refractivity contribution in [1.82, 2.24) is 5.32 Å². The van der Waals surface area contributed by atoms with E-state index in [9.17, 15) is 19.2 Å². The molecule has 0 aromatic heterocycles. The molecule has 0 saturated carbocycles. The number of benzene rings is 3. The zero-order valence-corrected chi connectivity index (χ0v) is 22.4. The molecule has 40 heavy (non-hydrogen) atoms. The molecule has 1 aliphatic rings. The summed E-state index contributed by atoms with van der Waals surface area (Å²) in [7, 11) is 1.45. The van der Waals surface area contributed by atoms with Gasteiger partial charge in [0.1, 0.15) is 11.3 Å². The first-order valence-corrected chi connectivity index (χ1v) is 12.6. The molecule has 0 unspecified atom stereocenters. The number of ether oxygens (including phenoxy) is 3. The highest BCUT2D eigenvalue weighted by Gasteiger charge is 2.37. The van der Waals surface area contributed by atoms with Gasteiger partial charge in [-0.1, -0.05) is 36.8 Å². The SMILES string of the molecule is CCCOc1ccc(N2C(=O)NC(=O)/C(=C\c3ccc(OCC(=O)Nc4ccc(C)cc4)cc3)C2=O)cc1OC. The third-order valence-electron chi connectivity index (χ3n) is 5.87. The molecule has 5 amide bonds. The van der Waals surface area contributed by atoms with Crippen LogP contribution in [-0.4, -0.2) is 44.1 Å². The van der Waals surface area contributed by atoms with E-state index in [4.69, 9.17) is 14.2 Å². The van der Waals surface area contributed by atoms with Crippen molar-refractivity contribution in [3.63, 3.8) is 0 Å². The van der Waals surface area contributed by atoms with Crippen LogP contribution in [0.4, 0.5) is 16.2 Å². The second-order valence-electron chi connectivity index (χ2n) is 8.91. The van der Waals surface area contributed by atoms with Gasteiger partial charge in [0.05, 0.1) is 19.4 Å². The molecule has 4 rings (SSSR count). The van der Waals surface area contributed by atoms with Gasteiger partial charge in [-0.15, -0.1) is 0 Å². The predicted octanol–water partition coefficient (Wildman–Crippen LogP) is 4.48. The summed E-state index contributed by atoms with van der Waals surface area (Å²) in [6.07, 6.45) is 2.17. The molecule has 206 valence electrons. The zero-order chi connectivity index (χ0) is 28.6. The molecule has 1 heterocycles. The quantitative estimate of drug-likeness (QED) is 0.286. The summed E-state index contributed by atoms with van der Waals surface area (Å²) in [5.41, 5.74) is 2.27. The molecule has 1 aliphatic heterocycles. The Balaban J connectivity index is 1.45. The molecule has 1 saturated heterocycles. The van der Waals surface area contributed by atoms with E-state index in [1.54, 1.807) is 48.5 Å². The number of nitrogens with zero attached hydrogens (tertiary/aromatic N) is 1. The number of methoxy groups -OCH3 is 1. The van der Waals surface area contributed by atoms with E-state index in [1.165, 1.54) is 19.3 Å². The number of rotatable bonds is 10. The summed E-state index contributed by atoms with van der Waals surface area (Å²) in [5, 5.41) is 4.95. The maximum Gasteiger partial charge on any atom is 0.335 e. The number of hydrogen-bond donors (Lipinski definition) is 2. The van der Waals surface area contributed by atoms with Gasteiger partial charge in [0.25, 0.3) is 17.7 Å². The molecule has 3 aromatic carbocycles. The van der Waals surface area contributed by atoms with Crippen LogP contribution >= 0.6 is 0 Å². The monoisotopic (exact) mass is 543 g/mol. The van der Waals surface area contributed by atoms with Gasteiger partial charge in [-0.2, -0.15) is 0 Å². The fourth-order valence-electron chi connectivity index (χ4n) is 3.83. The van der Waals surface area contributed by atoms with Gasteiger partial charge >= 0.3 is 6.03 Å². The Bertz CT molecular complexity index is 1450. The van der Waals surface area contributed by atoms with Crippen LogP contribution in [0.3, 0.4) is 0 Å². The lowest BCUT2D eigenvalue weighted by Crippen LogP contribution is -2.54. The minimum absolute atomic E-state index is 0.196. The van der Waals surface area contributed by atoms with Crippen molar-refractivity contribution >= 4 is 41.2 Å². The van der Waals surface area contributed by atoms with Crippen LogP contribution < -0.4 is 29.7 Å². The lowest BCUT2D eigenvalue weighted by Gasteiger charge is -2.27. The number of carbonyl (C=O) groups excluding carboxylic acids is 4. The molecular weight excluding hydrogens is 514 g/mol. The van der Waals surface area contributed by atoms with Crippen LogP contribution in [0.1, 0.15) is 24.5 Å². The smallest absolute Gasteiger partial charge is 0.335 e. The highest BCUT2D eigenvalue weighted by molar-refractivity contribution is 6.39. The summed E-state index contributed by atoms with van der Waals surface area (Å²) in [4.78, 5) is 51.4. The van der Waals surface area contributed by atoms with Crippen molar-refractivity contribution in [2.45, 2.75) is 20.3 Å². The van der Waals surface area contributed by atoms with Gasteiger partial charge in [0.2, 0.25) is 0 Å². The fraction of sp³-hybridized carbons (Fsp3) is 0.200. The van der Waals surface area contributed by atoms with E-state index in [0.29, 0.717) is 35.1 Å². The van der Waals surface area contributed by atoms with Gasteiger partial charge in [-0.3, -0.25) is 19.7 Å². The summed E-state index contributed by atoms with van der Waals surface area (Å²) in [6.45, 7) is 4.21. The largest absolute Gasteiger partial charge is 0.493 e. The molecule has 0 bridgehead atoms. The number of amides is 5. The van der Waals surface area contributed by atoms with Crippen LogP contribution in [0.5, 0.6) is 17.2 Å². The molecule has 1 fully saturated rings. The third kappa shape index (κ3) is 6.65. The minimum Gasteiger partial charge on any atom is -0.493 e. The predicted molar refractivity (Wildman–Crippen MR) is 150 cm³/mol. The first kappa shape index (κ1) is 27.9. The highest BCUT2D eigenvalue weighted by atomic mass is 16.5. The Morgan fingerprint density at radius 3 is 2.35 bits per heavy atom. The summed E-state index contributed by atoms with van der Waals surface area (Å²) in [6, 6.07) is 17.7. The number of aryl methyl sites for hydroxylation is 1. The lowest BCUT2D eigenvalue weighted by atomic mass is 10.1. The topological polar surface area (TPSA) is 123 Å². The first-order valence-electron chi connectivity index (χ1n) is 12.6. The standard InChI is InChI=1S/C30H29N3O7/c1-4-15-39-25-14-11-22(17-26(25)38-3)33-29(36)24(28(35)32-30(33)37)16-20-7-12-23(13-8-20)40-18-27(34)31-21-9-5-19(2)6-10-21/h5-14,16-17H,4,15,18H2,1-3H3,(H,31,34)(H,32,35,37)/b24-16+. The Labute approximate surface area is 231 Å². The van der Waals surface area contributed by atoms with E-state index in [0.717, 1.165) is 16.9 Å². The highest BCUT2D eigenvalue weighted by Crippen LogP contribution is 2.33. The van der Waals surface area contributed by atoms with Gasteiger partial charge in [0, 0.05) is 11.8 Å². The molecule has 0 atom stereocenters. The van der Waals surface area contributed by atoms with E-state index in [2.05, 4.69) is 10.6 Å². The number of barbiturate groups is 1. The Hall–Kier alpha value is -5.12. The molecule has 0 aliphatic carbocycles. The van der Waals surface area contributed by atoms with Crippen molar-refractivity contribution < 1.29 is 33.4 Å². The first-order chi connectivity index (χ1) is 19.3. The molecular formula is C30H29N3O7. The van der Waals surface area contributed by atoms with Crippen molar-refractivity contribution in [3.05, 3.63) is 83.4 Å². The normalized spacial score (nSPS) is 14.1. The van der Waals surface area contributed by atoms with Gasteiger partial charge in [0.15, 0.2) is 18.1 Å². The van der Waals surface area contributed by atoms with E-state index < -0.39 is 17.8 Å². The maximum atomic E-state index is 13.3. The average molecular weight is 544 g/mol. The second-order valence-corrected chi connectivity index (χ2v) is 8.91. The van der Waals surface area contributed by atoms with Crippen molar-refractivity contribution in [2.24, 2.45) is 0 Å². The number of urea groups is 1. The van der Waals surface area contributed by atoms with Crippen molar-refractivity contribution in [3.8, 4) is 17.2 Å². The number of carbonyl (C=O) groups is 4. The molecule has 0 radical (unpaired) electrons. The van der Waals surface area contributed by atoms with Crippen LogP contribution in [0.25, 0.3) is 6.08 Å². The molecule has 3 aromatic rings. The number of anilines is 2. The van der Waals surface area contributed by atoms with E-state index in [-0.39, 0.29) is 23.8 Å². The zero-order valence-electron chi connectivity index (χ0n) is 22.4. The van der Waals surface area contributed by atoms with Crippen LogP contribution in [-0.2, 0) is 14.4 Å². The molecule has 10 heteroatoms. The second kappa shape index (κ2) is 12.6. The third-order valence-corrected chi connectivity index (χ3v) is 5.87. The molecule has 2 N–H and O–H groups in total. The average Bonchev–Trinajstić information content (AvgIpc) is 2.95. The summed E-state index contributed by atoms with van der Waals surface area (Å²) >= 11 is 0. The minimum atomic E-state index is -0.871. The molecule has 0 spiro atoms. The van der Waals surface area contributed by atoms with Crippen LogP contribution in [0.15, 0.2) is 72.3 Å². The van der Waals surface area contributed by atoms with Gasteiger partial charge < -0.3 is 19.5 Å². The van der Waals surface area contributed by atoms with E-state index >= 15 is 0 Å². The van der Waals surface area contributed by atoms with Crippen LogP contribution in [0.2, 0.25) is 0 Å². The Morgan fingerprint density at radius 2 is 1.68 bits per heavy atom. The van der Waals surface area contributed by atoms with E-state index in [1.807, 2.05) is 26.0 Å².